The maximum atomic E-state index is 9.00. The Labute approximate surface area is 60.7 Å². The van der Waals surface area contributed by atoms with E-state index in [9.17, 15) is 0 Å². The standard InChI is InChI=1S/C4H11NO.C2H4O2/c5-3-1-2-4-6;1-2(3)4/h6H,1-5H2;1H3,(H,3,4). The number of carboxylic acids is 1. The van der Waals surface area contributed by atoms with Gasteiger partial charge in [-0.2, -0.15) is 0 Å². The van der Waals surface area contributed by atoms with Gasteiger partial charge in [-0.15, -0.1) is 0 Å². The van der Waals surface area contributed by atoms with Crippen LogP contribution in [0.15, 0.2) is 0 Å². The molecule has 0 aromatic carbocycles. The van der Waals surface area contributed by atoms with Gasteiger partial charge >= 0.3 is 0 Å². The minimum Gasteiger partial charge on any atom is -0.481 e. The van der Waals surface area contributed by atoms with E-state index in [1.807, 2.05) is 0 Å². The van der Waals surface area contributed by atoms with Crippen LogP contribution >= 0.6 is 0 Å². The molecule has 0 radical (unpaired) electrons. The zero-order valence-electron chi connectivity index (χ0n) is 6.21. The smallest absolute Gasteiger partial charge is 0.300 e. The maximum absolute atomic E-state index is 9.00. The van der Waals surface area contributed by atoms with Gasteiger partial charge in [0.15, 0.2) is 0 Å². The van der Waals surface area contributed by atoms with Gasteiger partial charge in [-0.05, 0) is 19.4 Å². The Hall–Kier alpha value is -0.610. The first-order chi connectivity index (χ1) is 4.65. The van der Waals surface area contributed by atoms with Crippen molar-refractivity contribution in [2.24, 2.45) is 5.73 Å². The lowest BCUT2D eigenvalue weighted by Gasteiger charge is -1.86. The van der Waals surface area contributed by atoms with E-state index < -0.39 is 5.97 Å². The molecule has 0 spiro atoms. The predicted molar refractivity (Wildman–Crippen MR) is 38.7 cm³/mol. The maximum Gasteiger partial charge on any atom is 0.300 e. The van der Waals surface area contributed by atoms with Crippen molar-refractivity contribution in [3.8, 4) is 0 Å². The normalized spacial score (nSPS) is 7.90. The minimum atomic E-state index is -0.833. The van der Waals surface area contributed by atoms with Gasteiger partial charge in [0.25, 0.3) is 5.97 Å². The SMILES string of the molecule is CC(=O)O.NCCCCO. The van der Waals surface area contributed by atoms with Crippen molar-refractivity contribution < 1.29 is 15.0 Å². The lowest BCUT2D eigenvalue weighted by atomic mass is 10.3. The molecule has 0 heterocycles. The van der Waals surface area contributed by atoms with Crippen molar-refractivity contribution in [2.75, 3.05) is 13.2 Å². The molecule has 0 amide bonds. The number of hydrogen-bond acceptors (Lipinski definition) is 3. The van der Waals surface area contributed by atoms with Gasteiger partial charge in [0.1, 0.15) is 0 Å². The van der Waals surface area contributed by atoms with E-state index in [0.717, 1.165) is 19.8 Å². The van der Waals surface area contributed by atoms with E-state index in [2.05, 4.69) is 0 Å². The van der Waals surface area contributed by atoms with E-state index in [0.29, 0.717) is 6.54 Å². The molecule has 0 atom stereocenters. The summed E-state index contributed by atoms with van der Waals surface area (Å²) in [5.74, 6) is -0.833. The van der Waals surface area contributed by atoms with Crippen LogP contribution in [0.1, 0.15) is 19.8 Å². The summed E-state index contributed by atoms with van der Waals surface area (Å²) in [7, 11) is 0. The van der Waals surface area contributed by atoms with Crippen LogP contribution in [0.2, 0.25) is 0 Å². The van der Waals surface area contributed by atoms with Gasteiger partial charge in [-0.3, -0.25) is 4.79 Å². The first-order valence-electron chi connectivity index (χ1n) is 3.15. The first kappa shape index (κ1) is 12.1. The number of carboxylic acid groups (broad SMARTS) is 1. The van der Waals surface area contributed by atoms with Crippen LogP contribution in [0.5, 0.6) is 0 Å². The van der Waals surface area contributed by atoms with Crippen LogP contribution in [0, 0.1) is 0 Å². The number of hydrogen-bond donors (Lipinski definition) is 3. The average Bonchev–Trinajstić information content (AvgIpc) is 1.82. The molecule has 4 nitrogen and oxygen atoms in total. The van der Waals surface area contributed by atoms with E-state index in [-0.39, 0.29) is 6.61 Å². The summed E-state index contributed by atoms with van der Waals surface area (Å²) in [4.78, 5) is 9.00. The van der Waals surface area contributed by atoms with Crippen molar-refractivity contribution in [1.29, 1.82) is 0 Å². The molecule has 4 N–H and O–H groups in total. The Morgan fingerprint density at radius 1 is 1.50 bits per heavy atom. The number of unbranched alkanes of at least 4 members (excludes halogenated alkanes) is 1. The Kier molecular flexibility index (Phi) is 13.6. The van der Waals surface area contributed by atoms with Crippen LogP contribution in [0.4, 0.5) is 0 Å². The minimum absolute atomic E-state index is 0.275. The number of carbonyl (C=O) groups is 1. The van der Waals surface area contributed by atoms with E-state index in [1.54, 1.807) is 0 Å². The highest BCUT2D eigenvalue weighted by atomic mass is 16.4. The Morgan fingerprint density at radius 3 is 2.00 bits per heavy atom. The average molecular weight is 149 g/mol. The molecule has 0 aliphatic rings. The highest BCUT2D eigenvalue weighted by Crippen LogP contribution is 1.79. The molecular formula is C6H15NO3. The molecule has 62 valence electrons. The highest BCUT2D eigenvalue weighted by Gasteiger charge is 1.76. The fourth-order valence-electron chi connectivity index (χ4n) is 0.256. The number of nitrogens with two attached hydrogens (primary N) is 1. The van der Waals surface area contributed by atoms with Crippen LogP contribution in [-0.4, -0.2) is 29.3 Å². The Balaban J connectivity index is 0. The van der Waals surface area contributed by atoms with Crippen molar-refractivity contribution in [1.82, 2.24) is 0 Å². The lowest BCUT2D eigenvalue weighted by Crippen LogP contribution is -1.98. The Morgan fingerprint density at radius 2 is 1.90 bits per heavy atom. The van der Waals surface area contributed by atoms with Crippen molar-refractivity contribution in [3.63, 3.8) is 0 Å². The van der Waals surface area contributed by atoms with E-state index in [4.69, 9.17) is 20.7 Å². The molecule has 0 rings (SSSR count). The van der Waals surface area contributed by atoms with Crippen LogP contribution in [0.25, 0.3) is 0 Å². The molecule has 4 heteroatoms. The molecule has 0 aliphatic heterocycles. The second-order valence-corrected chi connectivity index (χ2v) is 1.74. The molecule has 0 bridgehead atoms. The molecule has 0 saturated heterocycles. The summed E-state index contributed by atoms with van der Waals surface area (Å²) in [6, 6.07) is 0. The molecule has 0 fully saturated rings. The summed E-state index contributed by atoms with van der Waals surface area (Å²) >= 11 is 0. The van der Waals surface area contributed by atoms with E-state index >= 15 is 0 Å². The number of aliphatic carboxylic acids is 1. The second kappa shape index (κ2) is 11.2. The summed E-state index contributed by atoms with van der Waals surface area (Å²) in [6.45, 7) is 2.05. The van der Waals surface area contributed by atoms with Crippen molar-refractivity contribution in [2.45, 2.75) is 19.8 Å². The highest BCUT2D eigenvalue weighted by molar-refractivity contribution is 5.62. The van der Waals surface area contributed by atoms with Gasteiger partial charge in [-0.25, -0.2) is 0 Å². The Bertz CT molecular complexity index is 67.4. The summed E-state index contributed by atoms with van der Waals surface area (Å²) < 4.78 is 0. The van der Waals surface area contributed by atoms with E-state index in [1.165, 1.54) is 0 Å². The van der Waals surface area contributed by atoms with Crippen LogP contribution < -0.4 is 5.73 Å². The van der Waals surface area contributed by atoms with Crippen LogP contribution in [0.3, 0.4) is 0 Å². The summed E-state index contributed by atoms with van der Waals surface area (Å²) in [6.07, 6.45) is 1.78. The topological polar surface area (TPSA) is 83.5 Å². The molecule has 0 aliphatic carbocycles. The predicted octanol–water partition coefficient (Wildman–Crippen LogP) is -0.192. The monoisotopic (exact) mass is 149 g/mol. The van der Waals surface area contributed by atoms with Gasteiger partial charge < -0.3 is 15.9 Å². The number of aliphatic hydroxyl groups excluding tert-OH is 1. The van der Waals surface area contributed by atoms with Gasteiger partial charge in [0, 0.05) is 13.5 Å². The molecule has 0 aromatic heterocycles. The second-order valence-electron chi connectivity index (χ2n) is 1.74. The fourth-order valence-corrected chi connectivity index (χ4v) is 0.256. The third-order valence-electron chi connectivity index (χ3n) is 0.612. The molecule has 10 heavy (non-hydrogen) atoms. The molecule has 0 unspecified atom stereocenters. The number of aliphatic hydroxyl groups is 1. The van der Waals surface area contributed by atoms with Crippen LogP contribution in [-0.2, 0) is 4.79 Å². The first-order valence-corrected chi connectivity index (χ1v) is 3.15. The molecule has 0 aromatic rings. The zero-order valence-corrected chi connectivity index (χ0v) is 6.21. The third-order valence-corrected chi connectivity index (χ3v) is 0.612. The summed E-state index contributed by atoms with van der Waals surface area (Å²) in [5.41, 5.74) is 5.10. The van der Waals surface area contributed by atoms with Gasteiger partial charge in [-0.1, -0.05) is 0 Å². The van der Waals surface area contributed by atoms with Gasteiger partial charge in [0.2, 0.25) is 0 Å². The van der Waals surface area contributed by atoms with Crippen molar-refractivity contribution in [3.05, 3.63) is 0 Å². The molecular weight excluding hydrogens is 134 g/mol. The zero-order chi connectivity index (χ0) is 8.41. The van der Waals surface area contributed by atoms with Gasteiger partial charge in [0.05, 0.1) is 0 Å². The summed E-state index contributed by atoms with van der Waals surface area (Å²) in [5, 5.41) is 15.6. The lowest BCUT2D eigenvalue weighted by molar-refractivity contribution is -0.134. The molecule has 0 saturated carbocycles. The van der Waals surface area contributed by atoms with Crippen molar-refractivity contribution >= 4 is 5.97 Å². The fraction of sp³-hybridized carbons (Fsp3) is 0.833. The number of rotatable bonds is 3. The third kappa shape index (κ3) is 52.8. The largest absolute Gasteiger partial charge is 0.481 e. The quantitative estimate of drug-likeness (QED) is 0.485.